The normalized spacial score (nSPS) is 12.1. The molecule has 29 heavy (non-hydrogen) atoms. The Balaban J connectivity index is 1.79. The Bertz CT molecular complexity index is 950. The van der Waals surface area contributed by atoms with Gasteiger partial charge in [-0.05, 0) is 50.7 Å². The van der Waals surface area contributed by atoms with E-state index < -0.39 is 0 Å². The van der Waals surface area contributed by atoms with Crippen molar-refractivity contribution in [2.45, 2.75) is 26.4 Å². The molecule has 0 bridgehead atoms. The molecule has 2 aromatic carbocycles. The van der Waals surface area contributed by atoms with Gasteiger partial charge in [0.2, 0.25) is 5.89 Å². The maximum absolute atomic E-state index is 5.96. The molecule has 0 radical (unpaired) electrons. The van der Waals surface area contributed by atoms with Gasteiger partial charge in [0.15, 0.2) is 0 Å². The number of aryl methyl sites for hydroxylation is 1. The predicted molar refractivity (Wildman–Crippen MR) is 113 cm³/mol. The van der Waals surface area contributed by atoms with Crippen molar-refractivity contribution in [1.29, 1.82) is 0 Å². The highest BCUT2D eigenvalue weighted by Gasteiger charge is 2.19. The average Bonchev–Trinajstić information content (AvgIpc) is 3.12. The Kier molecular flexibility index (Phi) is 6.44. The zero-order chi connectivity index (χ0) is 21.0. The van der Waals surface area contributed by atoms with Gasteiger partial charge in [0.05, 0.1) is 32.6 Å². The Morgan fingerprint density at radius 1 is 0.966 bits per heavy atom. The van der Waals surface area contributed by atoms with Crippen LogP contribution in [0.15, 0.2) is 46.9 Å². The van der Waals surface area contributed by atoms with Gasteiger partial charge in [-0.15, -0.1) is 0 Å². The van der Waals surface area contributed by atoms with Crippen LogP contribution >= 0.6 is 0 Å². The third-order valence-corrected chi connectivity index (χ3v) is 5.19. The summed E-state index contributed by atoms with van der Waals surface area (Å²) in [5.74, 6) is 3.59. The fourth-order valence-electron chi connectivity index (χ4n) is 3.18. The fourth-order valence-corrected chi connectivity index (χ4v) is 3.18. The molecule has 0 fully saturated rings. The van der Waals surface area contributed by atoms with Crippen LogP contribution in [0, 0.1) is 6.92 Å². The highest BCUT2D eigenvalue weighted by atomic mass is 16.5. The van der Waals surface area contributed by atoms with E-state index in [9.17, 15) is 0 Å². The molecule has 3 aromatic rings. The van der Waals surface area contributed by atoms with Crippen molar-refractivity contribution < 1.29 is 18.6 Å². The molecule has 1 aromatic heterocycles. The smallest absolute Gasteiger partial charge is 0.230 e. The third-order valence-electron chi connectivity index (χ3n) is 5.19. The van der Waals surface area contributed by atoms with Gasteiger partial charge in [-0.2, -0.15) is 0 Å². The monoisotopic (exact) mass is 396 g/mol. The van der Waals surface area contributed by atoms with Crippen molar-refractivity contribution in [3.63, 3.8) is 0 Å². The molecule has 1 atom stereocenters. The van der Waals surface area contributed by atoms with Crippen LogP contribution in [0.2, 0.25) is 0 Å². The first kappa shape index (κ1) is 20.7. The van der Waals surface area contributed by atoms with Crippen molar-refractivity contribution >= 4 is 0 Å². The summed E-state index contributed by atoms with van der Waals surface area (Å²) >= 11 is 0. The molecule has 0 aliphatic carbocycles. The van der Waals surface area contributed by atoms with E-state index in [4.69, 9.17) is 23.6 Å². The van der Waals surface area contributed by atoms with Crippen molar-refractivity contribution in [3.8, 4) is 28.7 Å². The molecule has 0 N–H and O–H groups in total. The molecule has 0 aliphatic heterocycles. The Hall–Kier alpha value is -2.99. The lowest BCUT2D eigenvalue weighted by atomic mass is 10.1. The summed E-state index contributed by atoms with van der Waals surface area (Å²) in [6.45, 7) is 4.78. The first-order chi connectivity index (χ1) is 14.0. The molecule has 1 heterocycles. The SMILES string of the molecule is COc1ccc([C@@H](C)N(C)Cc2nc(-c3ccc(OC)cc3OC)oc2C)cc1. The second-order valence-electron chi connectivity index (χ2n) is 6.95. The lowest BCUT2D eigenvalue weighted by Gasteiger charge is -2.24. The number of ether oxygens (including phenoxy) is 3. The highest BCUT2D eigenvalue weighted by molar-refractivity contribution is 5.65. The first-order valence-corrected chi connectivity index (χ1v) is 9.49. The zero-order valence-corrected chi connectivity index (χ0v) is 17.9. The quantitative estimate of drug-likeness (QED) is 0.541. The van der Waals surface area contributed by atoms with Crippen molar-refractivity contribution in [3.05, 3.63) is 59.5 Å². The summed E-state index contributed by atoms with van der Waals surface area (Å²) in [4.78, 5) is 6.98. The van der Waals surface area contributed by atoms with Gasteiger partial charge in [0.1, 0.15) is 23.0 Å². The summed E-state index contributed by atoms with van der Waals surface area (Å²) in [5.41, 5.74) is 2.92. The topological polar surface area (TPSA) is 57.0 Å². The molecule has 0 unspecified atom stereocenters. The lowest BCUT2D eigenvalue weighted by molar-refractivity contribution is 0.249. The van der Waals surface area contributed by atoms with E-state index in [1.807, 2.05) is 37.3 Å². The molecule has 0 saturated heterocycles. The Morgan fingerprint density at radius 3 is 2.24 bits per heavy atom. The van der Waals surface area contributed by atoms with Crippen molar-refractivity contribution in [2.75, 3.05) is 28.4 Å². The minimum Gasteiger partial charge on any atom is -0.497 e. The van der Waals surface area contributed by atoms with Gasteiger partial charge in [-0.3, -0.25) is 4.90 Å². The van der Waals surface area contributed by atoms with E-state index in [0.29, 0.717) is 18.2 Å². The number of methoxy groups -OCH3 is 3. The van der Waals surface area contributed by atoms with E-state index in [1.165, 1.54) is 5.56 Å². The summed E-state index contributed by atoms with van der Waals surface area (Å²) in [5, 5.41) is 0. The van der Waals surface area contributed by atoms with E-state index in [0.717, 1.165) is 28.5 Å². The standard InChI is InChI=1S/C23H28N2O4/c1-15(17-7-9-18(26-4)10-8-17)25(3)14-21-16(2)29-23(24-21)20-12-11-19(27-5)13-22(20)28-6/h7-13,15H,14H2,1-6H3/t15-/m1/s1. The molecule has 6 heteroatoms. The van der Waals surface area contributed by atoms with E-state index in [-0.39, 0.29) is 6.04 Å². The number of benzene rings is 2. The van der Waals surface area contributed by atoms with Crippen LogP contribution in [0.5, 0.6) is 17.2 Å². The average molecular weight is 396 g/mol. The van der Waals surface area contributed by atoms with Crippen LogP contribution in [0.1, 0.15) is 30.0 Å². The second kappa shape index (κ2) is 9.01. The van der Waals surface area contributed by atoms with E-state index in [2.05, 4.69) is 31.0 Å². The number of oxazole rings is 1. The molecule has 0 spiro atoms. The van der Waals surface area contributed by atoms with Gasteiger partial charge >= 0.3 is 0 Å². The summed E-state index contributed by atoms with van der Waals surface area (Å²) < 4.78 is 22.0. The van der Waals surface area contributed by atoms with Crippen molar-refractivity contribution in [2.24, 2.45) is 0 Å². The van der Waals surface area contributed by atoms with Gasteiger partial charge in [-0.1, -0.05) is 12.1 Å². The number of hydrogen-bond donors (Lipinski definition) is 0. The van der Waals surface area contributed by atoms with Gasteiger partial charge in [-0.25, -0.2) is 4.98 Å². The number of aromatic nitrogens is 1. The summed E-state index contributed by atoms with van der Waals surface area (Å²) in [6.07, 6.45) is 0. The lowest BCUT2D eigenvalue weighted by Crippen LogP contribution is -2.22. The minimum absolute atomic E-state index is 0.218. The second-order valence-corrected chi connectivity index (χ2v) is 6.95. The van der Waals surface area contributed by atoms with Gasteiger partial charge < -0.3 is 18.6 Å². The third kappa shape index (κ3) is 4.54. The van der Waals surface area contributed by atoms with Crippen LogP contribution in [-0.2, 0) is 6.54 Å². The van der Waals surface area contributed by atoms with Crippen LogP contribution in [-0.4, -0.2) is 38.3 Å². The molecular formula is C23H28N2O4. The summed E-state index contributed by atoms with van der Waals surface area (Å²) in [6, 6.07) is 13.9. The van der Waals surface area contributed by atoms with E-state index >= 15 is 0 Å². The minimum atomic E-state index is 0.218. The maximum Gasteiger partial charge on any atom is 0.230 e. The Morgan fingerprint density at radius 2 is 1.62 bits per heavy atom. The zero-order valence-electron chi connectivity index (χ0n) is 17.9. The van der Waals surface area contributed by atoms with Gasteiger partial charge in [0, 0.05) is 18.7 Å². The highest BCUT2D eigenvalue weighted by Crippen LogP contribution is 2.34. The summed E-state index contributed by atoms with van der Waals surface area (Å²) in [7, 11) is 7.00. The predicted octanol–water partition coefficient (Wildman–Crippen LogP) is 4.87. The first-order valence-electron chi connectivity index (χ1n) is 9.49. The molecule has 3 rings (SSSR count). The van der Waals surface area contributed by atoms with Crippen LogP contribution in [0.4, 0.5) is 0 Å². The van der Waals surface area contributed by atoms with E-state index in [1.54, 1.807) is 21.3 Å². The van der Waals surface area contributed by atoms with Gasteiger partial charge in [0.25, 0.3) is 0 Å². The number of rotatable bonds is 8. The van der Waals surface area contributed by atoms with Crippen LogP contribution in [0.3, 0.4) is 0 Å². The number of nitrogens with zero attached hydrogens (tertiary/aromatic N) is 2. The molecule has 6 nitrogen and oxygen atoms in total. The molecular weight excluding hydrogens is 368 g/mol. The van der Waals surface area contributed by atoms with Crippen LogP contribution in [0.25, 0.3) is 11.5 Å². The fraction of sp³-hybridized carbons (Fsp3) is 0.348. The molecule has 0 saturated carbocycles. The number of hydrogen-bond acceptors (Lipinski definition) is 6. The molecule has 154 valence electrons. The van der Waals surface area contributed by atoms with Crippen molar-refractivity contribution in [1.82, 2.24) is 9.88 Å². The van der Waals surface area contributed by atoms with Crippen LogP contribution < -0.4 is 14.2 Å². The maximum atomic E-state index is 5.96. The Labute approximate surface area is 172 Å². The largest absolute Gasteiger partial charge is 0.497 e. The molecule has 0 aliphatic rings. The molecule has 0 amide bonds.